The van der Waals surface area contributed by atoms with E-state index in [0.29, 0.717) is 13.2 Å². The highest BCUT2D eigenvalue weighted by Crippen LogP contribution is 2.21. The van der Waals surface area contributed by atoms with E-state index < -0.39 is 0 Å². The van der Waals surface area contributed by atoms with Crippen molar-refractivity contribution >= 4 is 13.9 Å². The Morgan fingerprint density at radius 2 is 2.05 bits per heavy atom. The zero-order valence-corrected chi connectivity index (χ0v) is 14.2. The van der Waals surface area contributed by atoms with Crippen LogP contribution in [0.2, 0.25) is 0 Å². The van der Waals surface area contributed by atoms with Crippen molar-refractivity contribution in [2.24, 2.45) is 5.73 Å². The fourth-order valence-electron chi connectivity index (χ4n) is 2.13. The van der Waals surface area contributed by atoms with Gasteiger partial charge in [-0.3, -0.25) is 4.98 Å². The highest BCUT2D eigenvalue weighted by atomic mass is 31.1. The summed E-state index contributed by atoms with van der Waals surface area (Å²) >= 11 is 0. The minimum absolute atomic E-state index is 0.514. The molecule has 0 saturated heterocycles. The van der Waals surface area contributed by atoms with E-state index in [1.807, 2.05) is 12.3 Å². The van der Waals surface area contributed by atoms with Crippen LogP contribution in [0.25, 0.3) is 11.3 Å². The lowest BCUT2D eigenvalue weighted by Gasteiger charge is -2.09. The van der Waals surface area contributed by atoms with Gasteiger partial charge < -0.3 is 10.5 Å². The summed E-state index contributed by atoms with van der Waals surface area (Å²) in [5.41, 5.74) is 10.1. The molecule has 0 aliphatic carbocycles. The molecule has 1 atom stereocenters. The minimum atomic E-state index is 0.514. The molecule has 0 saturated carbocycles. The lowest BCUT2D eigenvalue weighted by molar-refractivity contribution is 0.235. The first kappa shape index (κ1) is 16.7. The lowest BCUT2D eigenvalue weighted by atomic mass is 10.0. The number of nitrogens with zero attached hydrogens (tertiary/aromatic N) is 1. The average molecular weight is 314 g/mol. The van der Waals surface area contributed by atoms with Gasteiger partial charge in [0, 0.05) is 18.3 Å². The third-order valence-corrected chi connectivity index (χ3v) is 4.19. The van der Waals surface area contributed by atoms with Gasteiger partial charge in [-0.1, -0.05) is 33.7 Å². The van der Waals surface area contributed by atoms with Gasteiger partial charge >= 0.3 is 0 Å². The topological polar surface area (TPSA) is 48.1 Å². The van der Waals surface area contributed by atoms with Gasteiger partial charge in [0.05, 0.1) is 12.0 Å². The third-order valence-electron chi connectivity index (χ3n) is 3.31. The van der Waals surface area contributed by atoms with E-state index in [1.54, 1.807) is 6.26 Å². The van der Waals surface area contributed by atoms with E-state index in [9.17, 15) is 0 Å². The zero-order chi connectivity index (χ0) is 15.8. The van der Waals surface area contributed by atoms with Gasteiger partial charge in [0.1, 0.15) is 6.61 Å². The van der Waals surface area contributed by atoms with Gasteiger partial charge in [0.2, 0.25) is 0 Å². The molecule has 116 valence electrons. The summed E-state index contributed by atoms with van der Waals surface area (Å²) in [4.78, 5) is 4.56. The number of ether oxygens (including phenoxy) is 1. The van der Waals surface area contributed by atoms with E-state index in [-0.39, 0.29) is 0 Å². The molecule has 0 spiro atoms. The molecule has 1 aromatic heterocycles. The molecule has 0 radical (unpaired) electrons. The van der Waals surface area contributed by atoms with Gasteiger partial charge in [-0.25, -0.2) is 0 Å². The van der Waals surface area contributed by atoms with Crippen LogP contribution >= 0.6 is 8.58 Å². The number of aromatic nitrogens is 1. The monoisotopic (exact) mass is 314 g/mol. The number of benzene rings is 1. The average Bonchev–Trinajstić information content (AvgIpc) is 2.58. The lowest BCUT2D eigenvalue weighted by Crippen LogP contribution is -2.00. The first-order chi connectivity index (χ1) is 10.8. The Hall–Kier alpha value is -1.70. The van der Waals surface area contributed by atoms with Gasteiger partial charge in [-0.15, -0.1) is 0 Å². The van der Waals surface area contributed by atoms with Gasteiger partial charge in [-0.2, -0.15) is 0 Å². The Labute approximate surface area is 134 Å². The number of hydrogen-bond donors (Lipinski definition) is 1. The molecule has 4 heteroatoms. The quantitative estimate of drug-likeness (QED) is 0.628. The highest BCUT2D eigenvalue weighted by Gasteiger charge is 2.04. The van der Waals surface area contributed by atoms with Crippen LogP contribution in [0.15, 0.2) is 48.9 Å². The Bertz CT molecular complexity index is 623. The molecular formula is C18H23N2OP. The van der Waals surface area contributed by atoms with Crippen LogP contribution in [0.4, 0.5) is 0 Å². The summed E-state index contributed by atoms with van der Waals surface area (Å²) in [6, 6.07) is 10.5. The maximum absolute atomic E-state index is 5.81. The van der Waals surface area contributed by atoms with Crippen LogP contribution < -0.4 is 11.0 Å². The van der Waals surface area contributed by atoms with Crippen LogP contribution in [0, 0.1) is 0 Å². The first-order valence-corrected chi connectivity index (χ1v) is 9.00. The number of hydrogen-bond acceptors (Lipinski definition) is 3. The zero-order valence-electron chi connectivity index (χ0n) is 13.2. The Morgan fingerprint density at radius 3 is 2.68 bits per heavy atom. The van der Waals surface area contributed by atoms with Crippen molar-refractivity contribution in [2.75, 3.05) is 6.66 Å². The maximum Gasteiger partial charge on any atom is 0.112 e. The van der Waals surface area contributed by atoms with Crippen LogP contribution in [-0.2, 0) is 17.9 Å². The molecule has 0 amide bonds. The van der Waals surface area contributed by atoms with Crippen LogP contribution in [0.3, 0.4) is 0 Å². The van der Waals surface area contributed by atoms with E-state index >= 15 is 0 Å². The van der Waals surface area contributed by atoms with Crippen molar-refractivity contribution in [3.8, 4) is 11.3 Å². The van der Waals surface area contributed by atoms with Gasteiger partial charge in [0.25, 0.3) is 0 Å². The summed E-state index contributed by atoms with van der Waals surface area (Å²) < 4.78 is 5.55. The second-order valence-corrected chi connectivity index (χ2v) is 6.09. The van der Waals surface area contributed by atoms with E-state index in [4.69, 9.17) is 10.5 Å². The van der Waals surface area contributed by atoms with Crippen LogP contribution in [0.1, 0.15) is 24.5 Å². The molecule has 0 fully saturated rings. The predicted molar refractivity (Wildman–Crippen MR) is 95.7 cm³/mol. The second kappa shape index (κ2) is 8.67. The smallest absolute Gasteiger partial charge is 0.112 e. The maximum atomic E-state index is 5.81. The largest absolute Gasteiger partial charge is 0.497 e. The van der Waals surface area contributed by atoms with Crippen molar-refractivity contribution < 1.29 is 4.74 Å². The molecule has 0 aliphatic rings. The van der Waals surface area contributed by atoms with Crippen LogP contribution in [-0.4, -0.2) is 11.6 Å². The third kappa shape index (κ3) is 4.66. The molecule has 0 aliphatic heterocycles. The minimum Gasteiger partial charge on any atom is -0.497 e. The Kier molecular flexibility index (Phi) is 6.57. The van der Waals surface area contributed by atoms with Crippen molar-refractivity contribution in [2.45, 2.75) is 26.5 Å². The molecule has 2 aromatic rings. The normalized spacial score (nSPS) is 11.6. The van der Waals surface area contributed by atoms with Crippen molar-refractivity contribution in [1.29, 1.82) is 0 Å². The van der Waals surface area contributed by atoms with Crippen molar-refractivity contribution in [3.05, 3.63) is 60.0 Å². The molecule has 2 rings (SSSR count). The predicted octanol–water partition coefficient (Wildman–Crippen LogP) is 3.58. The van der Waals surface area contributed by atoms with Gasteiger partial charge in [-0.05, 0) is 47.7 Å². The molecule has 2 N–H and O–H groups in total. The number of nitrogens with two attached hydrogens (primary N) is 1. The second-order valence-electron chi connectivity index (χ2n) is 5.02. The van der Waals surface area contributed by atoms with Gasteiger partial charge in [0.15, 0.2) is 0 Å². The summed E-state index contributed by atoms with van der Waals surface area (Å²) in [7, 11) is 0.769. The molecular weight excluding hydrogens is 291 g/mol. The standard InChI is InChI=1S/C18H23N2OP/c1-3-4-7-21-13-15-8-14(11-19)9-16(10-15)18-6-5-17(22-2)12-20-18/h4-10,12,22H,3,11,13,19H2,1-2H3/b7-4-. The fourth-order valence-corrected chi connectivity index (χ4v) is 2.58. The molecule has 22 heavy (non-hydrogen) atoms. The SMILES string of the molecule is CC/C=C\OCc1cc(CN)cc(-c2ccc(PC)cn2)c1. The number of rotatable bonds is 7. The fraction of sp³-hybridized carbons (Fsp3) is 0.278. The van der Waals surface area contributed by atoms with E-state index in [2.05, 4.69) is 48.9 Å². The summed E-state index contributed by atoms with van der Waals surface area (Å²) in [5.74, 6) is 0. The van der Waals surface area contributed by atoms with Crippen LogP contribution in [0.5, 0.6) is 0 Å². The van der Waals surface area contributed by atoms with Crippen molar-refractivity contribution in [1.82, 2.24) is 4.98 Å². The molecule has 1 aromatic carbocycles. The number of pyridine rings is 1. The molecule has 3 nitrogen and oxygen atoms in total. The van der Waals surface area contributed by atoms with E-state index in [0.717, 1.165) is 37.4 Å². The van der Waals surface area contributed by atoms with E-state index in [1.165, 1.54) is 5.30 Å². The molecule has 1 unspecified atom stereocenters. The summed E-state index contributed by atoms with van der Waals surface area (Å²) in [5, 5.41) is 1.27. The molecule has 1 heterocycles. The first-order valence-electron chi connectivity index (χ1n) is 7.50. The summed E-state index contributed by atoms with van der Waals surface area (Å²) in [6.07, 6.45) is 6.68. The number of allylic oxidation sites excluding steroid dienone is 1. The summed E-state index contributed by atoms with van der Waals surface area (Å²) in [6.45, 7) is 5.30. The van der Waals surface area contributed by atoms with Crippen molar-refractivity contribution in [3.63, 3.8) is 0 Å². The Balaban J connectivity index is 2.23. The molecule has 0 bridgehead atoms. The Morgan fingerprint density at radius 1 is 1.23 bits per heavy atom. The highest BCUT2D eigenvalue weighted by molar-refractivity contribution is 7.46.